The van der Waals surface area contributed by atoms with Gasteiger partial charge in [0.2, 0.25) is 0 Å². The van der Waals surface area contributed by atoms with Crippen LogP contribution in [-0.2, 0) is 11.2 Å². The van der Waals surface area contributed by atoms with Crippen molar-refractivity contribution >= 4 is 17.1 Å². The van der Waals surface area contributed by atoms with E-state index in [4.69, 9.17) is 9.84 Å². The number of aromatic hydroxyl groups is 1. The smallest absolute Gasteiger partial charge is 0.339 e. The highest BCUT2D eigenvalue weighted by atomic mass is 32.2. The van der Waals surface area contributed by atoms with Crippen molar-refractivity contribution < 1.29 is 24.3 Å². The van der Waals surface area contributed by atoms with Crippen molar-refractivity contribution in [3.63, 3.8) is 0 Å². The molecule has 2 aromatic rings. The fraction of sp³-hybridized carbons (Fsp3) is 0.188. The average molecular weight is 320 g/mol. The first-order valence-corrected chi connectivity index (χ1v) is 8.02. The third kappa shape index (κ3) is 4.41. The van der Waals surface area contributed by atoms with Crippen LogP contribution in [0.1, 0.15) is 16.8 Å². The second-order valence-electron chi connectivity index (χ2n) is 4.55. The Labute approximate surface area is 131 Å². The third-order valence-electron chi connectivity index (χ3n) is 2.95. The van der Waals surface area contributed by atoms with Crippen LogP contribution in [0.3, 0.4) is 0 Å². The van der Waals surface area contributed by atoms with Gasteiger partial charge < -0.3 is 19.5 Å². The number of aromatic carboxylic acids is 1. The lowest BCUT2D eigenvalue weighted by atomic mass is 10.2. The van der Waals surface area contributed by atoms with Crippen LogP contribution in [0.4, 0.5) is 0 Å². The van der Waals surface area contributed by atoms with Crippen LogP contribution in [0.15, 0.2) is 53.4 Å². The van der Waals surface area contributed by atoms with Crippen LogP contribution >= 0.6 is 0 Å². The molecule has 1 unspecified atom stereocenters. The molecule has 0 aliphatic carbocycles. The van der Waals surface area contributed by atoms with Gasteiger partial charge in [0.1, 0.15) is 22.8 Å². The van der Waals surface area contributed by atoms with Crippen molar-refractivity contribution in [2.45, 2.75) is 11.3 Å². The van der Waals surface area contributed by atoms with Crippen LogP contribution in [0.5, 0.6) is 11.5 Å². The maximum absolute atomic E-state index is 12.0. The van der Waals surface area contributed by atoms with Gasteiger partial charge in [0.25, 0.3) is 0 Å². The summed E-state index contributed by atoms with van der Waals surface area (Å²) in [5, 5.41) is 18.4. The first kappa shape index (κ1) is 16.2. The minimum atomic E-state index is -1.19. The van der Waals surface area contributed by atoms with Crippen LogP contribution in [-0.4, -0.2) is 33.1 Å². The highest BCUT2D eigenvalue weighted by molar-refractivity contribution is 7.91. The zero-order chi connectivity index (χ0) is 15.9. The molecule has 0 radical (unpaired) electrons. The van der Waals surface area contributed by atoms with Gasteiger partial charge in [0.05, 0.1) is 6.61 Å². The van der Waals surface area contributed by atoms with Crippen molar-refractivity contribution in [2.75, 3.05) is 12.4 Å². The summed E-state index contributed by atoms with van der Waals surface area (Å²) in [6.45, 7) is 0.338. The summed E-state index contributed by atoms with van der Waals surface area (Å²) >= 11 is -1.06. The largest absolute Gasteiger partial charge is 0.611 e. The monoisotopic (exact) mass is 320 g/mol. The number of carbonyl (C=O) groups is 1. The quantitative estimate of drug-likeness (QED) is 0.604. The zero-order valence-electron chi connectivity index (χ0n) is 11.8. The molecular formula is C16H16O5S. The molecule has 2 N–H and O–H groups in total. The van der Waals surface area contributed by atoms with Crippen LogP contribution in [0.2, 0.25) is 0 Å². The van der Waals surface area contributed by atoms with Crippen LogP contribution in [0, 0.1) is 0 Å². The zero-order valence-corrected chi connectivity index (χ0v) is 12.6. The number of carboxylic acid groups (broad SMARTS) is 1. The van der Waals surface area contributed by atoms with Crippen molar-refractivity contribution in [3.05, 3.63) is 54.1 Å². The Morgan fingerprint density at radius 3 is 2.55 bits per heavy atom. The molecule has 6 heteroatoms. The first-order chi connectivity index (χ1) is 10.6. The van der Waals surface area contributed by atoms with E-state index in [0.29, 0.717) is 24.5 Å². The van der Waals surface area contributed by atoms with Gasteiger partial charge in [0, 0.05) is 12.5 Å². The van der Waals surface area contributed by atoms with Crippen molar-refractivity contribution in [3.8, 4) is 11.5 Å². The lowest BCUT2D eigenvalue weighted by Crippen LogP contribution is -2.10. The van der Waals surface area contributed by atoms with E-state index in [0.717, 1.165) is 4.90 Å². The Morgan fingerprint density at radius 1 is 1.18 bits per heavy atom. The number of phenols is 1. The second-order valence-corrected chi connectivity index (χ2v) is 6.12. The molecule has 0 bridgehead atoms. The predicted molar refractivity (Wildman–Crippen MR) is 82.9 cm³/mol. The average Bonchev–Trinajstić information content (AvgIpc) is 2.52. The van der Waals surface area contributed by atoms with E-state index in [-0.39, 0.29) is 11.3 Å². The molecule has 0 amide bonds. The molecule has 1 atom stereocenters. The molecule has 2 aromatic carbocycles. The van der Waals surface area contributed by atoms with Crippen LogP contribution in [0.25, 0.3) is 0 Å². The fourth-order valence-electron chi connectivity index (χ4n) is 1.85. The van der Waals surface area contributed by atoms with Gasteiger partial charge >= 0.3 is 5.97 Å². The number of benzene rings is 2. The summed E-state index contributed by atoms with van der Waals surface area (Å²) in [7, 11) is 0. The summed E-state index contributed by atoms with van der Waals surface area (Å²) in [6, 6.07) is 13.2. The molecule has 0 saturated heterocycles. The maximum Gasteiger partial charge on any atom is 0.339 e. The van der Waals surface area contributed by atoms with Gasteiger partial charge in [-0.05, 0) is 35.4 Å². The number of rotatable bonds is 7. The van der Waals surface area contributed by atoms with E-state index in [1.807, 2.05) is 30.3 Å². The molecule has 0 spiro atoms. The molecule has 0 aromatic heterocycles. The summed E-state index contributed by atoms with van der Waals surface area (Å²) in [5.74, 6) is -0.670. The molecule has 2 rings (SSSR count). The summed E-state index contributed by atoms with van der Waals surface area (Å²) in [4.78, 5) is 11.6. The third-order valence-corrected chi connectivity index (χ3v) is 4.41. The summed E-state index contributed by atoms with van der Waals surface area (Å²) < 4.78 is 17.4. The highest BCUT2D eigenvalue weighted by Gasteiger charge is 2.11. The van der Waals surface area contributed by atoms with E-state index in [1.54, 1.807) is 0 Å². The van der Waals surface area contributed by atoms with E-state index in [2.05, 4.69) is 0 Å². The molecular weight excluding hydrogens is 304 g/mol. The minimum Gasteiger partial charge on any atom is -0.611 e. The normalized spacial score (nSPS) is 11.9. The standard InChI is InChI=1S/C16H16O5S/c17-15-11-12(7-8-14(15)16(18)19)21-9-4-10-22(20)13-5-2-1-3-6-13/h1-3,5-8,11,17H,4,9-10H2,(H,18,19). The van der Waals surface area contributed by atoms with Gasteiger partial charge in [-0.1, -0.05) is 18.2 Å². The van der Waals surface area contributed by atoms with Gasteiger partial charge in [-0.3, -0.25) is 0 Å². The second kappa shape index (κ2) is 7.72. The molecule has 116 valence electrons. The molecule has 0 heterocycles. The van der Waals surface area contributed by atoms with E-state index >= 15 is 0 Å². The number of carboxylic acids is 1. The summed E-state index contributed by atoms with van der Waals surface area (Å²) in [5.41, 5.74) is -0.169. The maximum atomic E-state index is 12.0. The number of hydrogen-bond acceptors (Lipinski definition) is 4. The van der Waals surface area contributed by atoms with E-state index in [1.165, 1.54) is 18.2 Å². The van der Waals surface area contributed by atoms with Crippen molar-refractivity contribution in [1.82, 2.24) is 0 Å². The van der Waals surface area contributed by atoms with Crippen molar-refractivity contribution in [1.29, 1.82) is 0 Å². The Morgan fingerprint density at radius 2 is 1.91 bits per heavy atom. The predicted octanol–water partition coefficient (Wildman–Crippen LogP) is 2.67. The fourth-order valence-corrected chi connectivity index (χ4v) is 2.93. The van der Waals surface area contributed by atoms with E-state index in [9.17, 15) is 14.5 Å². The molecule has 0 saturated carbocycles. The van der Waals surface area contributed by atoms with Gasteiger partial charge in [-0.15, -0.1) is 0 Å². The van der Waals surface area contributed by atoms with Crippen molar-refractivity contribution in [2.24, 2.45) is 0 Å². The SMILES string of the molecule is O=C(O)c1ccc(OCCC[S+]([O-])c2ccccc2)cc1O. The van der Waals surface area contributed by atoms with Gasteiger partial charge in [-0.25, -0.2) is 4.79 Å². The Hall–Kier alpha value is -2.18. The molecule has 0 aliphatic rings. The molecule has 0 aliphatic heterocycles. The topological polar surface area (TPSA) is 89.8 Å². The van der Waals surface area contributed by atoms with Crippen LogP contribution < -0.4 is 4.74 Å². The van der Waals surface area contributed by atoms with Gasteiger partial charge in [0.15, 0.2) is 4.90 Å². The summed E-state index contributed by atoms with van der Waals surface area (Å²) in [6.07, 6.45) is 0.586. The lowest BCUT2D eigenvalue weighted by molar-refractivity contribution is 0.0693. The number of ether oxygens (including phenoxy) is 1. The molecule has 22 heavy (non-hydrogen) atoms. The highest BCUT2D eigenvalue weighted by Crippen LogP contribution is 2.23. The Balaban J connectivity index is 1.79. The molecule has 5 nitrogen and oxygen atoms in total. The Kier molecular flexibility index (Phi) is 5.68. The Bertz CT molecular complexity index is 630. The lowest BCUT2D eigenvalue weighted by Gasteiger charge is -2.11. The van der Waals surface area contributed by atoms with Gasteiger partial charge in [-0.2, -0.15) is 0 Å². The molecule has 0 fully saturated rings. The first-order valence-electron chi connectivity index (χ1n) is 6.70. The minimum absolute atomic E-state index is 0.169. The number of hydrogen-bond donors (Lipinski definition) is 2. The van der Waals surface area contributed by atoms with E-state index < -0.39 is 17.1 Å².